The second kappa shape index (κ2) is 5.14. The predicted octanol–water partition coefficient (Wildman–Crippen LogP) is 2.98. The summed E-state index contributed by atoms with van der Waals surface area (Å²) in [4.78, 5) is 12.7. The van der Waals surface area contributed by atoms with Crippen LogP contribution in [0.25, 0.3) is 10.9 Å². The Morgan fingerprint density at radius 2 is 2.10 bits per heavy atom. The van der Waals surface area contributed by atoms with Crippen LogP contribution in [-0.4, -0.2) is 29.8 Å². The summed E-state index contributed by atoms with van der Waals surface area (Å²) in [7, 11) is -1.50. The van der Waals surface area contributed by atoms with Gasteiger partial charge in [0, 0.05) is 34.7 Å². The molecule has 1 atom stereocenters. The molecule has 1 aliphatic heterocycles. The van der Waals surface area contributed by atoms with Gasteiger partial charge in [-0.2, -0.15) is 0 Å². The molecule has 0 bridgehead atoms. The molecule has 21 heavy (non-hydrogen) atoms. The molecular weight excluding hydrogens is 310 g/mol. The van der Waals surface area contributed by atoms with E-state index in [4.69, 9.17) is 11.6 Å². The minimum Gasteiger partial charge on any atom is -0.350 e. The van der Waals surface area contributed by atoms with E-state index >= 15 is 0 Å². The molecular formula is C15H16ClNO3S. The molecule has 0 radical (unpaired) electrons. The number of carbonyl (C=O) groups is 1. The summed E-state index contributed by atoms with van der Waals surface area (Å²) in [5, 5.41) is 0.452. The molecule has 1 fully saturated rings. The fraction of sp³-hybridized carbons (Fsp3) is 0.400. The predicted molar refractivity (Wildman–Crippen MR) is 83.7 cm³/mol. The third-order valence-corrected chi connectivity index (χ3v) is 6.50. The number of halogens is 1. The lowest BCUT2D eigenvalue weighted by atomic mass is 10.0. The number of hydrogen-bond acceptors (Lipinski definition) is 3. The Morgan fingerprint density at radius 3 is 2.81 bits per heavy atom. The molecule has 0 N–H and O–H groups in total. The van der Waals surface area contributed by atoms with Gasteiger partial charge in [-0.15, -0.1) is 0 Å². The quantitative estimate of drug-likeness (QED) is 0.798. The maximum atomic E-state index is 12.7. The topological polar surface area (TPSA) is 56.1 Å². The lowest BCUT2D eigenvalue weighted by Crippen LogP contribution is -2.35. The Labute approximate surface area is 128 Å². The molecule has 2 aromatic rings. The molecule has 112 valence electrons. The Kier molecular flexibility index (Phi) is 3.58. The highest BCUT2D eigenvalue weighted by Crippen LogP contribution is 2.29. The Balaban J connectivity index is 2.10. The van der Waals surface area contributed by atoms with Gasteiger partial charge in [0.25, 0.3) is 0 Å². The smallest absolute Gasteiger partial charge is 0.183 e. The number of sulfone groups is 1. The molecule has 3 rings (SSSR count). The number of hydrogen-bond donors (Lipinski definition) is 0. The summed E-state index contributed by atoms with van der Waals surface area (Å²) in [6.45, 7) is 0. The highest BCUT2D eigenvalue weighted by Gasteiger charge is 2.36. The van der Waals surface area contributed by atoms with E-state index in [9.17, 15) is 13.2 Å². The van der Waals surface area contributed by atoms with Crippen LogP contribution in [0.15, 0.2) is 24.4 Å². The van der Waals surface area contributed by atoms with Crippen molar-refractivity contribution >= 4 is 38.1 Å². The maximum Gasteiger partial charge on any atom is 0.183 e. The zero-order valence-electron chi connectivity index (χ0n) is 11.7. The molecule has 1 aromatic heterocycles. The normalized spacial score (nSPS) is 21.5. The Hall–Kier alpha value is -1.33. The van der Waals surface area contributed by atoms with Gasteiger partial charge in [-0.3, -0.25) is 4.79 Å². The molecule has 1 aromatic carbocycles. The standard InChI is InChI=1S/C15H16ClNO3S/c1-17-9-12(11-6-5-10(16)8-13(11)17)15(18)14-4-2-3-7-21(14,19)20/h5-6,8-9,14H,2-4,7H2,1H3. The number of aromatic nitrogens is 1. The van der Waals surface area contributed by atoms with Crippen LogP contribution < -0.4 is 0 Å². The second-order valence-corrected chi connectivity index (χ2v) is 8.27. The largest absolute Gasteiger partial charge is 0.350 e. The van der Waals surface area contributed by atoms with Crippen LogP contribution in [0.4, 0.5) is 0 Å². The van der Waals surface area contributed by atoms with Crippen LogP contribution in [0.2, 0.25) is 5.02 Å². The lowest BCUT2D eigenvalue weighted by Gasteiger charge is -2.20. The van der Waals surface area contributed by atoms with E-state index in [0.29, 0.717) is 23.4 Å². The number of carbonyl (C=O) groups excluding carboxylic acids is 1. The minimum absolute atomic E-state index is 0.111. The fourth-order valence-electron chi connectivity index (χ4n) is 2.98. The second-order valence-electron chi connectivity index (χ2n) is 5.53. The molecule has 0 aliphatic carbocycles. The molecule has 0 saturated carbocycles. The van der Waals surface area contributed by atoms with E-state index in [1.54, 1.807) is 24.4 Å². The number of rotatable bonds is 2. The fourth-order valence-corrected chi connectivity index (χ4v) is 5.01. The summed E-state index contributed by atoms with van der Waals surface area (Å²) in [5.74, 6) is -0.178. The zero-order valence-corrected chi connectivity index (χ0v) is 13.2. The summed E-state index contributed by atoms with van der Waals surface area (Å²) in [5.41, 5.74) is 1.30. The van der Waals surface area contributed by atoms with Gasteiger partial charge >= 0.3 is 0 Å². The van der Waals surface area contributed by atoms with Crippen LogP contribution in [-0.2, 0) is 16.9 Å². The first-order valence-electron chi connectivity index (χ1n) is 6.90. The number of aryl methyl sites for hydroxylation is 1. The van der Waals surface area contributed by atoms with Gasteiger partial charge in [-0.05, 0) is 25.0 Å². The van der Waals surface area contributed by atoms with Gasteiger partial charge in [0.15, 0.2) is 15.6 Å². The number of benzene rings is 1. The summed E-state index contributed by atoms with van der Waals surface area (Å²) < 4.78 is 26.1. The highest BCUT2D eigenvalue weighted by atomic mass is 35.5. The number of ketones is 1. The van der Waals surface area contributed by atoms with Crippen molar-refractivity contribution in [2.75, 3.05) is 5.75 Å². The van der Waals surface area contributed by atoms with Crippen LogP contribution >= 0.6 is 11.6 Å². The molecule has 0 spiro atoms. The van der Waals surface area contributed by atoms with E-state index < -0.39 is 15.1 Å². The highest BCUT2D eigenvalue weighted by molar-refractivity contribution is 7.92. The van der Waals surface area contributed by atoms with E-state index in [-0.39, 0.29) is 11.5 Å². The van der Waals surface area contributed by atoms with Crippen molar-refractivity contribution in [3.05, 3.63) is 35.0 Å². The maximum absolute atomic E-state index is 12.7. The third-order valence-electron chi connectivity index (χ3n) is 4.09. The van der Waals surface area contributed by atoms with E-state index in [0.717, 1.165) is 17.3 Å². The minimum atomic E-state index is -3.32. The van der Waals surface area contributed by atoms with Gasteiger partial charge in [0.05, 0.1) is 5.75 Å². The molecule has 1 aliphatic rings. The van der Waals surface area contributed by atoms with Gasteiger partial charge in [0.2, 0.25) is 0 Å². The van der Waals surface area contributed by atoms with Crippen molar-refractivity contribution in [2.24, 2.45) is 7.05 Å². The summed E-state index contributed by atoms with van der Waals surface area (Å²) >= 11 is 5.98. The van der Waals surface area contributed by atoms with Crippen molar-refractivity contribution in [2.45, 2.75) is 24.5 Å². The summed E-state index contributed by atoms with van der Waals surface area (Å²) in [6, 6.07) is 5.28. The molecule has 1 unspecified atom stereocenters. The zero-order chi connectivity index (χ0) is 15.2. The Bertz CT molecular complexity index is 823. The van der Waals surface area contributed by atoms with Gasteiger partial charge in [-0.1, -0.05) is 24.1 Å². The number of fused-ring (bicyclic) bond motifs is 1. The molecule has 6 heteroatoms. The first-order chi connectivity index (χ1) is 9.90. The van der Waals surface area contributed by atoms with Crippen molar-refractivity contribution in [3.8, 4) is 0 Å². The van der Waals surface area contributed by atoms with E-state index in [2.05, 4.69) is 0 Å². The molecule has 2 heterocycles. The SMILES string of the molecule is Cn1cc(C(=O)C2CCCCS2(=O)=O)c2ccc(Cl)cc21. The van der Waals surface area contributed by atoms with Crippen LogP contribution in [0, 0.1) is 0 Å². The van der Waals surface area contributed by atoms with Crippen molar-refractivity contribution < 1.29 is 13.2 Å². The van der Waals surface area contributed by atoms with Crippen molar-refractivity contribution in [1.82, 2.24) is 4.57 Å². The van der Waals surface area contributed by atoms with Crippen LogP contribution in [0.3, 0.4) is 0 Å². The number of nitrogens with zero attached hydrogens (tertiary/aromatic N) is 1. The van der Waals surface area contributed by atoms with Crippen LogP contribution in [0.1, 0.15) is 29.6 Å². The van der Waals surface area contributed by atoms with Gasteiger partial charge in [-0.25, -0.2) is 8.42 Å². The van der Waals surface area contributed by atoms with Gasteiger partial charge in [0.1, 0.15) is 5.25 Å². The Morgan fingerprint density at radius 1 is 1.33 bits per heavy atom. The monoisotopic (exact) mass is 325 g/mol. The third kappa shape index (κ3) is 2.49. The molecule has 1 saturated heterocycles. The van der Waals surface area contributed by atoms with Gasteiger partial charge < -0.3 is 4.57 Å². The average molecular weight is 326 g/mol. The summed E-state index contributed by atoms with van der Waals surface area (Å²) in [6.07, 6.45) is 3.56. The molecule has 4 nitrogen and oxygen atoms in total. The average Bonchev–Trinajstić information content (AvgIpc) is 2.75. The number of Topliss-reactive ketones (excluding diaryl/α,β-unsaturated/α-hetero) is 1. The van der Waals surface area contributed by atoms with E-state index in [1.165, 1.54) is 0 Å². The van der Waals surface area contributed by atoms with Crippen molar-refractivity contribution in [1.29, 1.82) is 0 Å². The first kappa shape index (κ1) is 14.6. The van der Waals surface area contributed by atoms with Crippen molar-refractivity contribution in [3.63, 3.8) is 0 Å². The first-order valence-corrected chi connectivity index (χ1v) is 9.00. The molecule has 0 amide bonds. The van der Waals surface area contributed by atoms with Crippen LogP contribution in [0.5, 0.6) is 0 Å². The lowest BCUT2D eigenvalue weighted by molar-refractivity contribution is 0.0983. The van der Waals surface area contributed by atoms with E-state index in [1.807, 2.05) is 11.6 Å².